The molecule has 0 atom stereocenters. The molecule has 0 aliphatic carbocycles. The topological polar surface area (TPSA) is 79.6 Å². The van der Waals surface area contributed by atoms with Gasteiger partial charge in [0.1, 0.15) is 0 Å². The summed E-state index contributed by atoms with van der Waals surface area (Å²) in [7, 11) is -3.57. The number of hydrogen-bond acceptors (Lipinski definition) is 4. The van der Waals surface area contributed by atoms with Gasteiger partial charge in [0.05, 0.1) is 17.7 Å². The van der Waals surface area contributed by atoms with Crippen molar-refractivity contribution in [3.05, 3.63) is 83.3 Å². The molecule has 28 heavy (non-hydrogen) atoms. The number of sulfonamides is 1. The molecule has 3 aromatic rings. The first-order valence-corrected chi connectivity index (χ1v) is 10.6. The van der Waals surface area contributed by atoms with Gasteiger partial charge >= 0.3 is 0 Å². The minimum atomic E-state index is -3.57. The van der Waals surface area contributed by atoms with Crippen LogP contribution < -0.4 is 9.62 Å². The molecular formula is C21H20N2O4S. The maximum absolute atomic E-state index is 12.6. The van der Waals surface area contributed by atoms with Gasteiger partial charge in [0.25, 0.3) is 5.91 Å². The molecule has 144 valence electrons. The van der Waals surface area contributed by atoms with Gasteiger partial charge in [-0.25, -0.2) is 8.42 Å². The van der Waals surface area contributed by atoms with Crippen molar-refractivity contribution in [2.45, 2.75) is 19.1 Å². The summed E-state index contributed by atoms with van der Waals surface area (Å²) in [6.45, 7) is 2.46. The van der Waals surface area contributed by atoms with E-state index in [4.69, 9.17) is 4.42 Å². The van der Waals surface area contributed by atoms with Crippen LogP contribution in [0.5, 0.6) is 0 Å². The van der Waals surface area contributed by atoms with E-state index in [-0.39, 0.29) is 17.4 Å². The Kier molecular flexibility index (Phi) is 4.68. The number of anilines is 2. The van der Waals surface area contributed by atoms with Gasteiger partial charge in [0, 0.05) is 12.2 Å². The summed E-state index contributed by atoms with van der Waals surface area (Å²) in [6.07, 6.45) is 2.18. The molecule has 1 aromatic heterocycles. The standard InChI is InChI=1S/C21H20N2O4S/c1-15-4-2-5-16(12-15)14-28(25,26)22-18-8-7-17-9-10-23(19(17)13-18)21(24)20-6-3-11-27-20/h2-8,11-13,22H,9-10,14H2,1H3. The van der Waals surface area contributed by atoms with Crippen LogP contribution in [0.4, 0.5) is 11.4 Å². The zero-order valence-corrected chi connectivity index (χ0v) is 16.2. The summed E-state index contributed by atoms with van der Waals surface area (Å²) >= 11 is 0. The van der Waals surface area contributed by atoms with Gasteiger partial charge in [-0.15, -0.1) is 0 Å². The minimum Gasteiger partial charge on any atom is -0.459 e. The lowest BCUT2D eigenvalue weighted by molar-refractivity contribution is 0.0963. The summed E-state index contributed by atoms with van der Waals surface area (Å²) < 4.78 is 33.0. The summed E-state index contributed by atoms with van der Waals surface area (Å²) in [5.74, 6) is -0.0809. The van der Waals surface area contributed by atoms with Crippen molar-refractivity contribution in [1.82, 2.24) is 0 Å². The molecule has 6 nitrogen and oxygen atoms in total. The van der Waals surface area contributed by atoms with E-state index in [2.05, 4.69) is 4.72 Å². The van der Waals surface area contributed by atoms with Crippen molar-refractivity contribution < 1.29 is 17.6 Å². The summed E-state index contributed by atoms with van der Waals surface area (Å²) in [6, 6.07) is 16.0. The third kappa shape index (κ3) is 3.80. The number of benzene rings is 2. The second-order valence-corrected chi connectivity index (χ2v) is 8.60. The molecule has 7 heteroatoms. The first-order valence-electron chi connectivity index (χ1n) is 8.96. The lowest BCUT2D eigenvalue weighted by Gasteiger charge is -2.17. The van der Waals surface area contributed by atoms with Gasteiger partial charge in [-0.05, 0) is 48.7 Å². The molecule has 2 aromatic carbocycles. The molecule has 0 radical (unpaired) electrons. The number of nitrogens with zero attached hydrogens (tertiary/aromatic N) is 1. The lowest BCUT2D eigenvalue weighted by Crippen LogP contribution is -2.28. The Morgan fingerprint density at radius 1 is 1.14 bits per heavy atom. The van der Waals surface area contributed by atoms with Crippen LogP contribution in [0.15, 0.2) is 65.3 Å². The van der Waals surface area contributed by atoms with Crippen LogP contribution in [0.3, 0.4) is 0 Å². The smallest absolute Gasteiger partial charge is 0.293 e. The molecule has 1 amide bonds. The van der Waals surface area contributed by atoms with Crippen molar-refractivity contribution in [3.63, 3.8) is 0 Å². The molecule has 1 aliphatic heterocycles. The van der Waals surface area contributed by atoms with Crippen molar-refractivity contribution in [3.8, 4) is 0 Å². The minimum absolute atomic E-state index is 0.110. The third-order valence-electron chi connectivity index (χ3n) is 4.67. The normalized spacial score (nSPS) is 13.4. The Bertz CT molecular complexity index is 1120. The van der Waals surface area contributed by atoms with Crippen LogP contribution in [0.2, 0.25) is 0 Å². The van der Waals surface area contributed by atoms with Crippen LogP contribution in [0.1, 0.15) is 27.2 Å². The molecule has 1 N–H and O–H groups in total. The summed E-state index contributed by atoms with van der Waals surface area (Å²) in [4.78, 5) is 14.3. The monoisotopic (exact) mass is 396 g/mol. The zero-order valence-electron chi connectivity index (χ0n) is 15.4. The molecule has 0 saturated heterocycles. The average molecular weight is 396 g/mol. The van der Waals surface area contributed by atoms with Gasteiger partial charge in [0.15, 0.2) is 5.76 Å². The number of furan rings is 1. The molecule has 4 rings (SSSR count). The highest BCUT2D eigenvalue weighted by molar-refractivity contribution is 7.91. The third-order valence-corrected chi connectivity index (χ3v) is 5.93. The summed E-state index contributed by atoms with van der Waals surface area (Å²) in [5.41, 5.74) is 3.88. The van der Waals surface area contributed by atoms with Crippen molar-refractivity contribution in [2.24, 2.45) is 0 Å². The molecule has 0 saturated carbocycles. The number of fused-ring (bicyclic) bond motifs is 1. The summed E-state index contributed by atoms with van der Waals surface area (Å²) in [5, 5.41) is 0. The van der Waals surface area contributed by atoms with Crippen molar-refractivity contribution in [2.75, 3.05) is 16.2 Å². The van der Waals surface area contributed by atoms with Crippen LogP contribution in [0.25, 0.3) is 0 Å². The van der Waals surface area contributed by atoms with E-state index >= 15 is 0 Å². The fraction of sp³-hybridized carbons (Fsp3) is 0.190. The number of hydrogen-bond donors (Lipinski definition) is 1. The highest BCUT2D eigenvalue weighted by Crippen LogP contribution is 2.32. The van der Waals surface area contributed by atoms with Gasteiger partial charge < -0.3 is 9.32 Å². The Hall–Kier alpha value is -3.06. The van der Waals surface area contributed by atoms with E-state index in [9.17, 15) is 13.2 Å². The molecule has 0 fully saturated rings. The fourth-order valence-electron chi connectivity index (χ4n) is 3.42. The van der Waals surface area contributed by atoms with E-state index in [0.29, 0.717) is 17.9 Å². The highest BCUT2D eigenvalue weighted by Gasteiger charge is 2.27. The van der Waals surface area contributed by atoms with E-state index in [1.807, 2.05) is 31.2 Å². The van der Waals surface area contributed by atoms with E-state index < -0.39 is 10.0 Å². The Balaban J connectivity index is 1.55. The molecular weight excluding hydrogens is 376 g/mol. The predicted molar refractivity (Wildman–Crippen MR) is 108 cm³/mol. The molecule has 0 spiro atoms. The first kappa shape index (κ1) is 18.3. The average Bonchev–Trinajstić information content (AvgIpc) is 3.30. The molecule has 0 unspecified atom stereocenters. The van der Waals surface area contributed by atoms with Crippen molar-refractivity contribution in [1.29, 1.82) is 0 Å². The maximum Gasteiger partial charge on any atom is 0.293 e. The van der Waals surface area contributed by atoms with Crippen molar-refractivity contribution >= 4 is 27.3 Å². The Morgan fingerprint density at radius 3 is 2.75 bits per heavy atom. The number of nitrogens with one attached hydrogen (secondary N) is 1. The van der Waals surface area contributed by atoms with E-state index in [1.165, 1.54) is 6.26 Å². The highest BCUT2D eigenvalue weighted by atomic mass is 32.2. The van der Waals surface area contributed by atoms with Gasteiger partial charge in [-0.2, -0.15) is 0 Å². The molecule has 2 heterocycles. The van der Waals surface area contributed by atoms with Crippen LogP contribution in [-0.2, 0) is 22.2 Å². The van der Waals surface area contributed by atoms with Crippen LogP contribution in [-0.4, -0.2) is 20.9 Å². The quantitative estimate of drug-likeness (QED) is 0.713. The first-order chi connectivity index (χ1) is 13.4. The van der Waals surface area contributed by atoms with E-state index in [1.54, 1.807) is 35.2 Å². The van der Waals surface area contributed by atoms with Crippen LogP contribution in [0, 0.1) is 6.92 Å². The number of amides is 1. The second kappa shape index (κ2) is 7.16. The SMILES string of the molecule is Cc1cccc(CS(=O)(=O)Nc2ccc3c(c2)N(C(=O)c2ccco2)CC3)c1. The van der Waals surface area contributed by atoms with Gasteiger partial charge in [0.2, 0.25) is 10.0 Å². The Labute approximate surface area is 163 Å². The van der Waals surface area contributed by atoms with Gasteiger partial charge in [-0.3, -0.25) is 9.52 Å². The molecule has 0 bridgehead atoms. The van der Waals surface area contributed by atoms with Gasteiger partial charge in [-0.1, -0.05) is 35.9 Å². The van der Waals surface area contributed by atoms with Crippen LogP contribution >= 0.6 is 0 Å². The predicted octanol–water partition coefficient (Wildman–Crippen LogP) is 3.73. The second-order valence-electron chi connectivity index (χ2n) is 6.88. The fourth-order valence-corrected chi connectivity index (χ4v) is 4.60. The molecule has 1 aliphatic rings. The maximum atomic E-state index is 12.6. The Morgan fingerprint density at radius 2 is 2.00 bits per heavy atom. The number of carbonyl (C=O) groups is 1. The lowest BCUT2D eigenvalue weighted by atomic mass is 10.1. The number of aryl methyl sites for hydroxylation is 1. The van der Waals surface area contributed by atoms with E-state index in [0.717, 1.165) is 23.1 Å². The number of carbonyl (C=O) groups excluding carboxylic acids is 1. The number of rotatable bonds is 5. The largest absolute Gasteiger partial charge is 0.459 e. The zero-order chi connectivity index (χ0) is 19.7.